The summed E-state index contributed by atoms with van der Waals surface area (Å²) in [5, 5.41) is 3.26. The Morgan fingerprint density at radius 1 is 1.21 bits per heavy atom. The molecule has 0 unspecified atom stereocenters. The van der Waals surface area contributed by atoms with E-state index in [2.05, 4.69) is 10.0 Å². The first-order valence-electron chi connectivity index (χ1n) is 8.29. The first-order valence-corrected chi connectivity index (χ1v) is 10.7. The lowest BCUT2D eigenvalue weighted by atomic mass is 10.1. The van der Waals surface area contributed by atoms with E-state index >= 15 is 0 Å². The van der Waals surface area contributed by atoms with Crippen molar-refractivity contribution in [3.63, 3.8) is 0 Å². The Labute approximate surface area is 179 Å². The van der Waals surface area contributed by atoms with Gasteiger partial charge in [0.05, 0.1) is 10.4 Å². The monoisotopic (exact) mass is 456 g/mol. The molecule has 10 heteroatoms. The van der Waals surface area contributed by atoms with Crippen molar-refractivity contribution in [2.45, 2.75) is 6.92 Å². The minimum Gasteiger partial charge on any atom is -0.330 e. The summed E-state index contributed by atoms with van der Waals surface area (Å²) in [6.45, 7) is 1.75. The van der Waals surface area contributed by atoms with Gasteiger partial charge < -0.3 is 10.0 Å². The molecule has 152 valence electrons. The predicted molar refractivity (Wildman–Crippen MR) is 114 cm³/mol. The Morgan fingerprint density at radius 2 is 1.93 bits per heavy atom. The fraction of sp³-hybridized carbons (Fsp3) is 0.158. The number of carbonyl (C=O) groups is 1. The normalized spacial score (nSPS) is 10.7. The molecule has 0 bridgehead atoms. The average Bonchev–Trinajstić information content (AvgIpc) is 3.02. The number of thiophene rings is 1. The second kappa shape index (κ2) is 8.98. The highest BCUT2D eigenvalue weighted by Gasteiger charge is 2.27. The number of nitrogens with zero attached hydrogens (tertiary/aromatic N) is 1. The number of nitrogens with one attached hydrogen (secondary N) is 2. The number of pyridine rings is 1. The molecule has 0 saturated heterocycles. The molecule has 5 nitrogen and oxygen atoms in total. The number of halogens is 3. The molecule has 29 heavy (non-hydrogen) atoms. The molecule has 1 amide bonds. The van der Waals surface area contributed by atoms with E-state index in [0.29, 0.717) is 26.0 Å². The summed E-state index contributed by atoms with van der Waals surface area (Å²) in [5.74, 6) is -1.93. The van der Waals surface area contributed by atoms with Gasteiger partial charge in [-0.15, -0.1) is 11.3 Å². The smallest absolute Gasteiger partial charge is 0.301 e. The van der Waals surface area contributed by atoms with Crippen LogP contribution in [0.25, 0.3) is 11.3 Å². The maximum Gasteiger partial charge on any atom is 0.301 e. The van der Waals surface area contributed by atoms with Crippen LogP contribution in [0.3, 0.4) is 0 Å². The summed E-state index contributed by atoms with van der Waals surface area (Å²) < 4.78 is 32.0. The second-order valence-electron chi connectivity index (χ2n) is 5.93. The summed E-state index contributed by atoms with van der Waals surface area (Å²) >= 11 is 8.69. The number of benzene rings is 1. The Morgan fingerprint density at radius 3 is 2.62 bits per heavy atom. The fourth-order valence-corrected chi connectivity index (χ4v) is 4.26. The number of rotatable bonds is 6. The molecule has 0 aliphatic carbocycles. The largest absolute Gasteiger partial charge is 0.330 e. The van der Waals surface area contributed by atoms with Gasteiger partial charge >= 0.3 is 5.69 Å². The third kappa shape index (κ3) is 4.80. The van der Waals surface area contributed by atoms with Crippen LogP contribution in [0.15, 0.2) is 36.5 Å². The third-order valence-corrected chi connectivity index (χ3v) is 5.63. The van der Waals surface area contributed by atoms with Gasteiger partial charge in [-0.3, -0.25) is 9.63 Å². The first kappa shape index (κ1) is 21.4. The number of hydrogen-bond acceptors (Lipinski definition) is 5. The average molecular weight is 457 g/mol. The molecular weight excluding hydrogens is 440 g/mol. The topological polar surface area (TPSA) is 54.2 Å². The van der Waals surface area contributed by atoms with Crippen LogP contribution in [0.2, 0.25) is 5.02 Å². The molecule has 0 aliphatic heterocycles. The van der Waals surface area contributed by atoms with Crippen LogP contribution in [-0.4, -0.2) is 19.3 Å². The lowest BCUT2D eigenvalue weighted by molar-refractivity contribution is -0.878. The summed E-state index contributed by atoms with van der Waals surface area (Å²) in [5.41, 5.74) is 1.75. The minimum atomic E-state index is -0.790. The van der Waals surface area contributed by atoms with Crippen molar-refractivity contribution in [2.75, 3.05) is 23.4 Å². The number of aryl methyl sites for hydroxylation is 1. The van der Waals surface area contributed by atoms with Gasteiger partial charge in [0.25, 0.3) is 12.1 Å². The lowest BCUT2D eigenvalue weighted by Crippen LogP contribution is -2.43. The number of amides is 1. The Bertz CT molecular complexity index is 1080. The molecule has 1 aromatic carbocycles. The zero-order valence-electron chi connectivity index (χ0n) is 15.7. The van der Waals surface area contributed by atoms with Crippen molar-refractivity contribution in [3.05, 3.63) is 62.9 Å². The predicted octanol–water partition coefficient (Wildman–Crippen LogP) is 4.94. The maximum absolute atomic E-state index is 14.4. The van der Waals surface area contributed by atoms with Gasteiger partial charge in [-0.1, -0.05) is 23.5 Å². The molecule has 2 aromatic heterocycles. The number of carbonyl (C=O) groups excluding carboxylic acids is 1. The quantitative estimate of drug-likeness (QED) is 0.407. The highest BCUT2D eigenvalue weighted by atomic mass is 35.5. The van der Waals surface area contributed by atoms with Crippen molar-refractivity contribution in [1.29, 1.82) is 0 Å². The van der Waals surface area contributed by atoms with Crippen molar-refractivity contribution >= 4 is 52.2 Å². The fourth-order valence-electron chi connectivity index (χ4n) is 2.76. The SMILES string of the molecule is CO[n+]1cc(F)cc(F)c1-c1cc(C(=O)Nc2cc(Cl)cc(NSC)c2)sc1C. The van der Waals surface area contributed by atoms with Crippen LogP contribution in [0.1, 0.15) is 14.5 Å². The van der Waals surface area contributed by atoms with Crippen LogP contribution in [0.4, 0.5) is 20.2 Å². The van der Waals surface area contributed by atoms with E-state index in [-0.39, 0.29) is 11.6 Å². The number of anilines is 2. The second-order valence-corrected chi connectivity index (χ2v) is 8.24. The van der Waals surface area contributed by atoms with Crippen LogP contribution in [0.5, 0.6) is 0 Å². The highest BCUT2D eigenvalue weighted by molar-refractivity contribution is 7.99. The minimum absolute atomic E-state index is 0.0379. The third-order valence-electron chi connectivity index (χ3n) is 3.92. The van der Waals surface area contributed by atoms with Crippen molar-refractivity contribution in [1.82, 2.24) is 0 Å². The van der Waals surface area contributed by atoms with E-state index in [1.54, 1.807) is 31.2 Å². The van der Waals surface area contributed by atoms with Crippen molar-refractivity contribution in [2.24, 2.45) is 0 Å². The molecule has 0 saturated carbocycles. The first-order chi connectivity index (χ1) is 13.8. The van der Waals surface area contributed by atoms with Crippen molar-refractivity contribution in [3.8, 4) is 11.3 Å². The van der Waals surface area contributed by atoms with Gasteiger partial charge in [0.2, 0.25) is 5.82 Å². The van der Waals surface area contributed by atoms with Gasteiger partial charge in [0.15, 0.2) is 5.82 Å². The van der Waals surface area contributed by atoms with E-state index in [1.165, 1.54) is 30.4 Å². The van der Waals surface area contributed by atoms with E-state index in [0.717, 1.165) is 22.7 Å². The molecule has 0 fully saturated rings. The zero-order valence-corrected chi connectivity index (χ0v) is 18.1. The van der Waals surface area contributed by atoms with E-state index in [4.69, 9.17) is 16.4 Å². The summed E-state index contributed by atoms with van der Waals surface area (Å²) in [7, 11) is 1.30. The molecule has 0 radical (unpaired) electrons. The van der Waals surface area contributed by atoms with E-state index in [9.17, 15) is 13.6 Å². The van der Waals surface area contributed by atoms with Crippen LogP contribution in [0, 0.1) is 18.6 Å². The molecule has 3 rings (SSSR count). The highest BCUT2D eigenvalue weighted by Crippen LogP contribution is 2.32. The summed E-state index contributed by atoms with van der Waals surface area (Å²) in [4.78, 5) is 18.8. The van der Waals surface area contributed by atoms with Gasteiger partial charge in [-0.05, 0) is 31.2 Å². The number of aromatic nitrogens is 1. The molecule has 2 N–H and O–H groups in total. The van der Waals surface area contributed by atoms with Gasteiger partial charge in [0.1, 0.15) is 7.11 Å². The van der Waals surface area contributed by atoms with Crippen molar-refractivity contribution < 1.29 is 23.1 Å². The van der Waals surface area contributed by atoms with Crippen LogP contribution in [-0.2, 0) is 0 Å². The van der Waals surface area contributed by atoms with Gasteiger partial charge in [-0.2, -0.15) is 4.39 Å². The van der Waals surface area contributed by atoms with E-state index in [1.807, 2.05) is 6.26 Å². The zero-order chi connectivity index (χ0) is 21.1. The van der Waals surface area contributed by atoms with Gasteiger partial charge in [-0.25, -0.2) is 4.39 Å². The molecule has 3 aromatic rings. The molecule has 0 atom stereocenters. The van der Waals surface area contributed by atoms with E-state index < -0.39 is 11.6 Å². The van der Waals surface area contributed by atoms with Crippen LogP contribution >= 0.6 is 34.9 Å². The Balaban J connectivity index is 1.92. The Hall–Kier alpha value is -2.36. The summed E-state index contributed by atoms with van der Waals surface area (Å²) in [6, 6.07) is 7.44. The molecule has 2 heterocycles. The Kier molecular flexibility index (Phi) is 6.61. The van der Waals surface area contributed by atoms with Gasteiger partial charge in [0, 0.05) is 38.3 Å². The number of hydrogen-bond donors (Lipinski definition) is 2. The molecule has 0 aliphatic rings. The van der Waals surface area contributed by atoms with Crippen LogP contribution < -0.4 is 19.6 Å². The molecule has 0 spiro atoms. The lowest BCUT2D eigenvalue weighted by Gasteiger charge is -2.08. The standard InChI is InChI=1S/C19H16ClF2N3O2S2/c1-10-15(18-16(22)6-12(21)9-25(18)27-2)8-17(29-10)19(26)23-13-4-11(20)5-14(7-13)24-28-3/h4-9,24H,1-3H3/p+1. The molecular formula is C19H17ClF2N3O2S2+. The maximum atomic E-state index is 14.4. The summed E-state index contributed by atoms with van der Waals surface area (Å²) in [6.07, 6.45) is 2.90.